The Morgan fingerprint density at radius 1 is 0.431 bits per heavy atom. The van der Waals surface area contributed by atoms with Crippen LogP contribution in [0.2, 0.25) is 0 Å². The molecule has 1 amide bonds. The standard InChI is InChI=1S/C59H109NO5/c1-3-5-7-9-11-13-15-17-19-21-25-29-33-37-41-45-49-53-59(64)65-54-50-46-42-38-34-30-26-22-24-28-32-36-40-44-48-52-58(63)60-56(55-61)57(62)51-47-43-39-35-31-27-23-20-18-16-14-12-10-8-6-4-2/h17,19,22,26,30,34,47,51,56-57,61-62H,3-16,18,20-21,23-25,27-29,31-33,35-46,48-50,52-55H2,1-2H3,(H,60,63)/b19-17-,26-22-,34-30-,51-47+. The lowest BCUT2D eigenvalue weighted by Gasteiger charge is -2.20. The van der Waals surface area contributed by atoms with Crippen LogP contribution in [0.25, 0.3) is 0 Å². The number of allylic oxidation sites excluding steroid dienone is 7. The fourth-order valence-electron chi connectivity index (χ4n) is 8.44. The third-order valence-electron chi connectivity index (χ3n) is 12.8. The zero-order valence-corrected chi connectivity index (χ0v) is 43.2. The fraction of sp³-hybridized carbons (Fsp3) is 0.831. The predicted octanol–water partition coefficient (Wildman–Crippen LogP) is 17.4. The summed E-state index contributed by atoms with van der Waals surface area (Å²) in [6.07, 6.45) is 68.4. The molecule has 0 aromatic carbocycles. The smallest absolute Gasteiger partial charge is 0.305 e. The Hall–Kier alpha value is -2.18. The molecule has 0 radical (unpaired) electrons. The second-order valence-electron chi connectivity index (χ2n) is 19.3. The van der Waals surface area contributed by atoms with Gasteiger partial charge in [-0.3, -0.25) is 9.59 Å². The average molecular weight is 913 g/mol. The first kappa shape index (κ1) is 62.8. The molecule has 2 unspecified atom stereocenters. The summed E-state index contributed by atoms with van der Waals surface area (Å²) < 4.78 is 5.45. The Balaban J connectivity index is 3.55. The number of aliphatic hydroxyl groups is 2. The van der Waals surface area contributed by atoms with Crippen molar-refractivity contribution in [2.75, 3.05) is 13.2 Å². The Morgan fingerprint density at radius 2 is 0.769 bits per heavy atom. The van der Waals surface area contributed by atoms with E-state index in [2.05, 4.69) is 55.6 Å². The first-order valence-corrected chi connectivity index (χ1v) is 28.4. The second kappa shape index (κ2) is 54.4. The lowest BCUT2D eigenvalue weighted by molar-refractivity contribution is -0.143. The summed E-state index contributed by atoms with van der Waals surface area (Å²) in [5.74, 6) is -0.117. The zero-order chi connectivity index (χ0) is 47.2. The van der Waals surface area contributed by atoms with E-state index in [-0.39, 0.29) is 18.5 Å². The van der Waals surface area contributed by atoms with Gasteiger partial charge in [0.15, 0.2) is 0 Å². The van der Waals surface area contributed by atoms with Gasteiger partial charge in [-0.1, -0.05) is 236 Å². The number of unbranched alkanes of at least 4 members (excludes halogenated alkanes) is 36. The largest absolute Gasteiger partial charge is 0.466 e. The highest BCUT2D eigenvalue weighted by Crippen LogP contribution is 2.15. The molecular weight excluding hydrogens is 803 g/mol. The van der Waals surface area contributed by atoms with Crippen LogP contribution in [0.15, 0.2) is 48.6 Å². The van der Waals surface area contributed by atoms with Gasteiger partial charge in [0.1, 0.15) is 0 Å². The van der Waals surface area contributed by atoms with Gasteiger partial charge in [-0.25, -0.2) is 0 Å². The van der Waals surface area contributed by atoms with E-state index in [1.807, 2.05) is 6.08 Å². The van der Waals surface area contributed by atoms with Gasteiger partial charge in [0, 0.05) is 12.8 Å². The molecule has 0 heterocycles. The lowest BCUT2D eigenvalue weighted by atomic mass is 10.0. The van der Waals surface area contributed by atoms with Gasteiger partial charge in [-0.15, -0.1) is 0 Å². The van der Waals surface area contributed by atoms with Crippen LogP contribution in [-0.2, 0) is 14.3 Å². The van der Waals surface area contributed by atoms with Gasteiger partial charge in [0.05, 0.1) is 25.4 Å². The Bertz CT molecular complexity index is 1100. The molecule has 0 aliphatic carbocycles. The van der Waals surface area contributed by atoms with Crippen LogP contribution in [0.5, 0.6) is 0 Å². The van der Waals surface area contributed by atoms with Gasteiger partial charge >= 0.3 is 5.97 Å². The molecule has 0 aromatic heterocycles. The number of amides is 1. The number of ether oxygens (including phenoxy) is 1. The van der Waals surface area contributed by atoms with Crippen LogP contribution < -0.4 is 5.32 Å². The number of aliphatic hydroxyl groups excluding tert-OH is 2. The van der Waals surface area contributed by atoms with Crippen LogP contribution in [0.4, 0.5) is 0 Å². The number of esters is 1. The molecule has 0 rings (SSSR count). The average Bonchev–Trinajstić information content (AvgIpc) is 3.31. The monoisotopic (exact) mass is 912 g/mol. The van der Waals surface area contributed by atoms with Crippen molar-refractivity contribution in [3.05, 3.63) is 48.6 Å². The van der Waals surface area contributed by atoms with Crippen LogP contribution >= 0.6 is 0 Å². The van der Waals surface area contributed by atoms with E-state index in [1.54, 1.807) is 6.08 Å². The van der Waals surface area contributed by atoms with Gasteiger partial charge in [0.2, 0.25) is 5.91 Å². The van der Waals surface area contributed by atoms with Crippen molar-refractivity contribution < 1.29 is 24.5 Å². The van der Waals surface area contributed by atoms with Crippen LogP contribution in [0.1, 0.15) is 290 Å². The quantitative estimate of drug-likeness (QED) is 0.0245. The highest BCUT2D eigenvalue weighted by molar-refractivity contribution is 5.76. The molecule has 65 heavy (non-hydrogen) atoms. The first-order valence-electron chi connectivity index (χ1n) is 28.4. The van der Waals surface area contributed by atoms with Crippen LogP contribution in [0.3, 0.4) is 0 Å². The molecular formula is C59H109NO5. The van der Waals surface area contributed by atoms with Crippen molar-refractivity contribution >= 4 is 11.9 Å². The molecule has 0 aliphatic heterocycles. The summed E-state index contributed by atoms with van der Waals surface area (Å²) in [6, 6.07) is -0.645. The van der Waals surface area contributed by atoms with Crippen molar-refractivity contribution in [3.63, 3.8) is 0 Å². The molecule has 380 valence electrons. The third-order valence-corrected chi connectivity index (χ3v) is 12.8. The Kier molecular flexibility index (Phi) is 52.6. The maximum Gasteiger partial charge on any atom is 0.305 e. The van der Waals surface area contributed by atoms with Gasteiger partial charge < -0.3 is 20.3 Å². The lowest BCUT2D eigenvalue weighted by Crippen LogP contribution is -2.45. The van der Waals surface area contributed by atoms with E-state index in [4.69, 9.17) is 4.74 Å². The highest BCUT2D eigenvalue weighted by Gasteiger charge is 2.18. The topological polar surface area (TPSA) is 95.9 Å². The van der Waals surface area contributed by atoms with E-state index in [0.29, 0.717) is 19.4 Å². The molecule has 0 bridgehead atoms. The zero-order valence-electron chi connectivity index (χ0n) is 43.2. The second-order valence-corrected chi connectivity index (χ2v) is 19.3. The fourth-order valence-corrected chi connectivity index (χ4v) is 8.44. The van der Waals surface area contributed by atoms with E-state index in [1.165, 1.54) is 186 Å². The molecule has 0 saturated carbocycles. The molecule has 0 aliphatic rings. The van der Waals surface area contributed by atoms with Gasteiger partial charge in [0.25, 0.3) is 0 Å². The molecule has 3 N–H and O–H groups in total. The molecule has 0 spiro atoms. The minimum atomic E-state index is -0.860. The summed E-state index contributed by atoms with van der Waals surface area (Å²) in [6.45, 7) is 4.84. The van der Waals surface area contributed by atoms with E-state index in [9.17, 15) is 19.8 Å². The van der Waals surface area contributed by atoms with Crippen molar-refractivity contribution in [2.24, 2.45) is 0 Å². The maximum absolute atomic E-state index is 12.4. The molecule has 0 fully saturated rings. The van der Waals surface area contributed by atoms with E-state index in [0.717, 1.165) is 77.0 Å². The summed E-state index contributed by atoms with van der Waals surface area (Å²) in [7, 11) is 0. The molecule has 6 nitrogen and oxygen atoms in total. The van der Waals surface area contributed by atoms with Crippen molar-refractivity contribution in [1.29, 1.82) is 0 Å². The molecule has 2 atom stereocenters. The summed E-state index contributed by atoms with van der Waals surface area (Å²) in [4.78, 5) is 24.5. The van der Waals surface area contributed by atoms with Gasteiger partial charge in [-0.05, 0) is 89.9 Å². The molecule has 6 heteroatoms. The SMILES string of the molecule is CCCCCCCC/C=C\CCCCCCCCCC(=O)OCCCCC/C=C\C=C/CCCCCCCCC(=O)NC(CO)C(O)/C=C/CCCCCCCCCCCCCCCC. The van der Waals surface area contributed by atoms with Crippen molar-refractivity contribution in [2.45, 2.75) is 302 Å². The maximum atomic E-state index is 12.4. The minimum absolute atomic E-state index is 0.0266. The van der Waals surface area contributed by atoms with Crippen LogP contribution in [-0.4, -0.2) is 47.4 Å². The number of hydrogen-bond acceptors (Lipinski definition) is 5. The first-order chi connectivity index (χ1) is 32.0. The normalized spacial score (nSPS) is 13.0. The minimum Gasteiger partial charge on any atom is -0.466 e. The number of carbonyl (C=O) groups excluding carboxylic acids is 2. The number of carbonyl (C=O) groups is 2. The summed E-state index contributed by atoms with van der Waals surface area (Å²) in [5, 5.41) is 23.1. The van der Waals surface area contributed by atoms with Crippen LogP contribution in [0, 0.1) is 0 Å². The number of hydrogen-bond donors (Lipinski definition) is 3. The number of nitrogens with one attached hydrogen (secondary N) is 1. The number of rotatable bonds is 52. The van der Waals surface area contributed by atoms with Crippen molar-refractivity contribution in [3.8, 4) is 0 Å². The van der Waals surface area contributed by atoms with Gasteiger partial charge in [-0.2, -0.15) is 0 Å². The predicted molar refractivity (Wildman–Crippen MR) is 282 cm³/mol. The molecule has 0 saturated heterocycles. The Labute approximate surface area is 404 Å². The van der Waals surface area contributed by atoms with E-state index >= 15 is 0 Å². The third kappa shape index (κ3) is 51.1. The Morgan fingerprint density at radius 3 is 1.18 bits per heavy atom. The summed E-state index contributed by atoms with van der Waals surface area (Å²) in [5.41, 5.74) is 0. The summed E-state index contributed by atoms with van der Waals surface area (Å²) >= 11 is 0. The molecule has 0 aromatic rings. The van der Waals surface area contributed by atoms with E-state index < -0.39 is 12.1 Å². The highest BCUT2D eigenvalue weighted by atomic mass is 16.5. The van der Waals surface area contributed by atoms with Crippen molar-refractivity contribution in [1.82, 2.24) is 5.32 Å².